The first kappa shape index (κ1) is 16.5. The number of hydrogen-bond donors (Lipinski definition) is 0. The van der Waals surface area contributed by atoms with Crippen molar-refractivity contribution in [3.8, 4) is 17.3 Å². The summed E-state index contributed by atoms with van der Waals surface area (Å²) in [6, 6.07) is 0.845. The van der Waals surface area contributed by atoms with Crippen molar-refractivity contribution in [1.82, 2.24) is 15.0 Å². The molecule has 0 aliphatic rings. The van der Waals surface area contributed by atoms with Crippen LogP contribution in [0.15, 0.2) is 24.7 Å². The Bertz CT molecular complexity index is 635. The predicted octanol–water partition coefficient (Wildman–Crippen LogP) is 3.84. The van der Waals surface area contributed by atoms with E-state index in [1.54, 1.807) is 26.2 Å². The monoisotopic (exact) mass is 331 g/mol. The van der Waals surface area contributed by atoms with Gasteiger partial charge in [0.05, 0.1) is 12.2 Å². The highest BCUT2D eigenvalue weighted by Gasteiger charge is 2.32. The van der Waals surface area contributed by atoms with Crippen molar-refractivity contribution in [1.29, 1.82) is 0 Å². The molecule has 22 heavy (non-hydrogen) atoms. The van der Waals surface area contributed by atoms with Gasteiger partial charge in [-0.2, -0.15) is 13.2 Å². The smallest absolute Gasteiger partial charge is 0.398 e. The Balaban J connectivity index is 2.40. The molecule has 0 atom stereocenters. The molecule has 0 radical (unpaired) electrons. The second-order valence-electron chi connectivity index (χ2n) is 4.21. The second-order valence-corrected chi connectivity index (χ2v) is 4.75. The Morgan fingerprint density at radius 1 is 1.14 bits per heavy atom. The van der Waals surface area contributed by atoms with Gasteiger partial charge in [0.1, 0.15) is 0 Å². The lowest BCUT2D eigenvalue weighted by atomic mass is 10.2. The van der Waals surface area contributed by atoms with Gasteiger partial charge in [0.25, 0.3) is 0 Å². The van der Waals surface area contributed by atoms with Crippen LogP contribution in [0, 0.1) is 6.92 Å². The average Bonchev–Trinajstić information content (AvgIpc) is 2.47. The van der Waals surface area contributed by atoms with E-state index in [1.165, 1.54) is 0 Å². The summed E-state index contributed by atoms with van der Waals surface area (Å²) >= 11 is 0.575. The highest BCUT2D eigenvalue weighted by molar-refractivity contribution is 7.90. The molecule has 0 unspecified atom stereocenters. The summed E-state index contributed by atoms with van der Waals surface area (Å²) in [4.78, 5) is 11.9. The molecule has 0 saturated heterocycles. The van der Waals surface area contributed by atoms with Gasteiger partial charge in [0.15, 0.2) is 17.3 Å². The maximum Gasteiger partial charge on any atom is 0.418 e. The van der Waals surface area contributed by atoms with Crippen LogP contribution in [0.4, 0.5) is 13.2 Å². The fraction of sp³-hybridized carbons (Fsp3) is 0.308. The third kappa shape index (κ3) is 4.08. The molecular formula is C13H12F3N3O2S. The number of aryl methyl sites for hydroxylation is 1. The molecule has 0 aliphatic carbocycles. The van der Waals surface area contributed by atoms with E-state index in [4.69, 9.17) is 8.37 Å². The van der Waals surface area contributed by atoms with Gasteiger partial charge < -0.3 is 4.18 Å². The molecule has 9 heteroatoms. The van der Waals surface area contributed by atoms with Crippen molar-refractivity contribution in [3.05, 3.63) is 35.8 Å². The minimum absolute atomic E-state index is 0.111. The molecule has 0 aromatic carbocycles. The molecule has 0 N–H and O–H groups in total. The Labute approximate surface area is 129 Å². The first-order chi connectivity index (χ1) is 10.4. The quantitative estimate of drug-likeness (QED) is 0.613. The molecule has 0 fully saturated rings. The highest BCUT2D eigenvalue weighted by Crippen LogP contribution is 2.35. The van der Waals surface area contributed by atoms with Crippen molar-refractivity contribution < 1.29 is 21.5 Å². The third-order valence-electron chi connectivity index (χ3n) is 2.46. The van der Waals surface area contributed by atoms with Crippen LogP contribution in [0.1, 0.15) is 18.1 Å². The molecule has 0 saturated carbocycles. The number of alkyl halides is 3. The molecule has 2 rings (SSSR count). The number of rotatable bonds is 5. The number of aromatic nitrogens is 3. The van der Waals surface area contributed by atoms with Gasteiger partial charge in [-0.3, -0.25) is 4.18 Å². The Morgan fingerprint density at radius 3 is 2.41 bits per heavy atom. The largest absolute Gasteiger partial charge is 0.418 e. The number of pyridine rings is 1. The lowest BCUT2D eigenvalue weighted by molar-refractivity contribution is -0.137. The normalized spacial score (nSPS) is 11.5. The fourth-order valence-corrected chi connectivity index (χ4v) is 1.80. The third-order valence-corrected chi connectivity index (χ3v) is 3.04. The van der Waals surface area contributed by atoms with E-state index in [0.29, 0.717) is 18.9 Å². The first-order valence-electron chi connectivity index (χ1n) is 6.24. The van der Waals surface area contributed by atoms with Gasteiger partial charge in [-0.05, 0) is 25.5 Å². The summed E-state index contributed by atoms with van der Waals surface area (Å²) in [7, 11) is 0. The Morgan fingerprint density at radius 2 is 1.82 bits per heavy atom. The SMILES string of the molecule is CCOSOc1cc(C(F)(F)F)cnc1-c1ncc(C)cn1. The van der Waals surface area contributed by atoms with E-state index in [0.717, 1.165) is 17.8 Å². The van der Waals surface area contributed by atoms with Crippen LogP contribution < -0.4 is 4.18 Å². The number of halogens is 3. The maximum absolute atomic E-state index is 12.8. The van der Waals surface area contributed by atoms with Crippen molar-refractivity contribution in [3.63, 3.8) is 0 Å². The predicted molar refractivity (Wildman–Crippen MR) is 74.8 cm³/mol. The van der Waals surface area contributed by atoms with E-state index in [-0.39, 0.29) is 17.3 Å². The van der Waals surface area contributed by atoms with Gasteiger partial charge in [0, 0.05) is 18.6 Å². The van der Waals surface area contributed by atoms with Crippen molar-refractivity contribution in [2.45, 2.75) is 20.0 Å². The summed E-state index contributed by atoms with van der Waals surface area (Å²) in [6.07, 6.45) is -0.715. The van der Waals surface area contributed by atoms with Gasteiger partial charge >= 0.3 is 6.18 Å². The van der Waals surface area contributed by atoms with Crippen LogP contribution in [0.5, 0.6) is 5.75 Å². The van der Waals surface area contributed by atoms with Crippen LogP contribution >= 0.6 is 12.3 Å². The van der Waals surface area contributed by atoms with Crippen molar-refractivity contribution in [2.24, 2.45) is 0 Å². The van der Waals surface area contributed by atoms with Crippen LogP contribution in [0.2, 0.25) is 0 Å². The first-order valence-corrected chi connectivity index (χ1v) is 6.91. The summed E-state index contributed by atoms with van der Waals surface area (Å²) in [6.45, 7) is 3.87. The minimum atomic E-state index is -4.52. The summed E-state index contributed by atoms with van der Waals surface area (Å²) in [5.41, 5.74) is 0.0116. The molecule has 118 valence electrons. The van der Waals surface area contributed by atoms with Gasteiger partial charge in [-0.15, -0.1) is 0 Å². The maximum atomic E-state index is 12.8. The van der Waals surface area contributed by atoms with Gasteiger partial charge in [-0.1, -0.05) is 0 Å². The van der Waals surface area contributed by atoms with Crippen molar-refractivity contribution >= 4 is 12.3 Å². The van der Waals surface area contributed by atoms with Gasteiger partial charge in [0.2, 0.25) is 12.3 Å². The molecular weight excluding hydrogens is 319 g/mol. The van der Waals surface area contributed by atoms with Crippen LogP contribution in [-0.4, -0.2) is 21.6 Å². The van der Waals surface area contributed by atoms with Gasteiger partial charge in [-0.25, -0.2) is 15.0 Å². The molecule has 0 amide bonds. The lowest BCUT2D eigenvalue weighted by Gasteiger charge is -2.11. The zero-order valence-electron chi connectivity index (χ0n) is 11.7. The van der Waals surface area contributed by atoms with E-state index >= 15 is 0 Å². The van der Waals surface area contributed by atoms with E-state index in [1.807, 2.05) is 0 Å². The standard InChI is InChI=1S/C13H12F3N3O2S/c1-3-20-22-21-10-4-9(13(14,15)16)7-17-11(10)12-18-5-8(2)6-19-12/h4-7H,3H2,1-2H3. The highest BCUT2D eigenvalue weighted by atomic mass is 32.2. The van der Waals surface area contributed by atoms with E-state index < -0.39 is 11.7 Å². The second kappa shape index (κ2) is 6.93. The molecule has 2 heterocycles. The summed E-state index contributed by atoms with van der Waals surface area (Å²) in [5, 5.41) is 0. The Kier molecular flexibility index (Phi) is 5.19. The number of hydrogen-bond acceptors (Lipinski definition) is 6. The Hall–Kier alpha value is -1.87. The van der Waals surface area contributed by atoms with Crippen LogP contribution in [0.25, 0.3) is 11.5 Å². The van der Waals surface area contributed by atoms with Crippen molar-refractivity contribution in [2.75, 3.05) is 6.61 Å². The van der Waals surface area contributed by atoms with E-state index in [9.17, 15) is 13.2 Å². The molecule has 2 aromatic heterocycles. The molecule has 2 aromatic rings. The fourth-order valence-electron chi connectivity index (χ4n) is 1.45. The zero-order valence-corrected chi connectivity index (χ0v) is 12.5. The minimum Gasteiger partial charge on any atom is -0.398 e. The molecule has 0 aliphatic heterocycles. The van der Waals surface area contributed by atoms with Crippen LogP contribution in [0.3, 0.4) is 0 Å². The molecule has 0 spiro atoms. The molecule has 0 bridgehead atoms. The average molecular weight is 331 g/mol. The summed E-state index contributed by atoms with van der Waals surface area (Å²) < 4.78 is 48.4. The molecule has 5 nitrogen and oxygen atoms in total. The number of nitrogens with zero attached hydrogens (tertiary/aromatic N) is 3. The summed E-state index contributed by atoms with van der Waals surface area (Å²) in [5.74, 6) is 0.0588. The topological polar surface area (TPSA) is 57.1 Å². The van der Waals surface area contributed by atoms with Crippen LogP contribution in [-0.2, 0) is 10.4 Å². The zero-order chi connectivity index (χ0) is 16.2. The van der Waals surface area contributed by atoms with E-state index in [2.05, 4.69) is 15.0 Å². The lowest BCUT2D eigenvalue weighted by Crippen LogP contribution is -2.07.